The highest BCUT2D eigenvalue weighted by Gasteiger charge is 2.33. The van der Waals surface area contributed by atoms with E-state index in [1.165, 1.54) is 19.4 Å². The molecule has 0 bridgehead atoms. The number of nitrogens with one attached hydrogen (secondary N) is 1. The molecule has 11 heteroatoms. The lowest BCUT2D eigenvalue weighted by atomic mass is 10.1. The monoisotopic (exact) mass is 522 g/mol. The summed E-state index contributed by atoms with van der Waals surface area (Å²) >= 11 is 3.40. The van der Waals surface area contributed by atoms with Gasteiger partial charge in [-0.25, -0.2) is 9.97 Å². The van der Waals surface area contributed by atoms with E-state index < -0.39 is 17.7 Å². The van der Waals surface area contributed by atoms with Crippen molar-refractivity contribution in [2.75, 3.05) is 7.11 Å². The van der Waals surface area contributed by atoms with E-state index in [-0.39, 0.29) is 12.2 Å². The minimum Gasteiger partial charge on any atom is -0.496 e. The molecule has 0 spiro atoms. The van der Waals surface area contributed by atoms with Crippen molar-refractivity contribution in [2.45, 2.75) is 12.8 Å². The van der Waals surface area contributed by atoms with E-state index in [4.69, 9.17) is 9.47 Å². The summed E-state index contributed by atoms with van der Waals surface area (Å²) in [6.07, 6.45) is -0.940. The third-order valence-corrected chi connectivity index (χ3v) is 5.28. The Morgan fingerprint density at radius 1 is 1.09 bits per heavy atom. The van der Waals surface area contributed by atoms with Crippen molar-refractivity contribution < 1.29 is 27.0 Å². The van der Waals surface area contributed by atoms with Crippen molar-refractivity contribution in [3.63, 3.8) is 0 Å². The normalized spacial score (nSPS) is 11.5. The van der Waals surface area contributed by atoms with Crippen LogP contribution in [0.3, 0.4) is 0 Å². The average molecular weight is 523 g/mol. The Balaban J connectivity index is 1.59. The van der Waals surface area contributed by atoms with Gasteiger partial charge in [0.1, 0.15) is 28.5 Å². The number of imidazole rings is 1. The van der Waals surface area contributed by atoms with Crippen molar-refractivity contribution in [3.05, 3.63) is 76.7 Å². The molecule has 0 fully saturated rings. The van der Waals surface area contributed by atoms with Crippen LogP contribution in [0.15, 0.2) is 59.6 Å². The third-order valence-electron chi connectivity index (χ3n) is 4.71. The number of pyridine rings is 2. The molecule has 0 saturated carbocycles. The lowest BCUT2D eigenvalue weighted by molar-refractivity contribution is -0.138. The van der Waals surface area contributed by atoms with E-state index in [0.717, 1.165) is 18.5 Å². The second-order valence-corrected chi connectivity index (χ2v) is 7.55. The molecular weight excluding hydrogens is 508 g/mol. The lowest BCUT2D eigenvalue weighted by Gasteiger charge is -2.14. The maximum Gasteiger partial charge on any atom is 0.416 e. The van der Waals surface area contributed by atoms with Crippen LogP contribution in [0.5, 0.6) is 11.5 Å². The minimum absolute atomic E-state index is 0.0816. The molecule has 0 aliphatic heterocycles. The summed E-state index contributed by atoms with van der Waals surface area (Å²) in [5.74, 6) is 0.576. The van der Waals surface area contributed by atoms with Crippen LogP contribution in [0.1, 0.15) is 11.1 Å². The first-order valence-corrected chi connectivity index (χ1v) is 10.2. The molecule has 0 aliphatic carbocycles. The molecule has 0 amide bonds. The molecule has 170 valence electrons. The first kappa shape index (κ1) is 22.7. The summed E-state index contributed by atoms with van der Waals surface area (Å²) in [5.41, 5.74) is 0.915. The van der Waals surface area contributed by atoms with E-state index in [0.29, 0.717) is 38.7 Å². The molecule has 33 heavy (non-hydrogen) atoms. The molecule has 6 nitrogen and oxygen atoms in total. The molecule has 0 radical (unpaired) electrons. The first-order chi connectivity index (χ1) is 15.8. The summed E-state index contributed by atoms with van der Waals surface area (Å²) in [6, 6.07) is 8.53. The topological polar surface area (TPSA) is 72.9 Å². The van der Waals surface area contributed by atoms with Gasteiger partial charge in [0, 0.05) is 41.3 Å². The smallest absolute Gasteiger partial charge is 0.416 e. The Morgan fingerprint density at radius 3 is 2.61 bits per heavy atom. The van der Waals surface area contributed by atoms with Crippen LogP contribution in [0.2, 0.25) is 0 Å². The number of halogens is 5. The Kier molecular flexibility index (Phi) is 6.32. The maximum atomic E-state index is 13.2. The zero-order valence-electron chi connectivity index (χ0n) is 17.0. The van der Waals surface area contributed by atoms with Crippen LogP contribution in [0.4, 0.5) is 17.6 Å². The van der Waals surface area contributed by atoms with Gasteiger partial charge < -0.3 is 14.5 Å². The number of aromatic amines is 1. The molecular formula is C22H15BrF4N4O2. The van der Waals surface area contributed by atoms with Gasteiger partial charge in [-0.1, -0.05) is 0 Å². The van der Waals surface area contributed by atoms with Gasteiger partial charge in [0.25, 0.3) is 0 Å². The van der Waals surface area contributed by atoms with Crippen molar-refractivity contribution >= 4 is 15.9 Å². The SMILES string of the molecule is COc1cc(OCc2cnccc2C(F)(F)F)ccc1-c1[nH]c(-c2ccc(F)nc2)nc1Br. The Bertz CT molecular complexity index is 1280. The largest absolute Gasteiger partial charge is 0.496 e. The lowest BCUT2D eigenvalue weighted by Crippen LogP contribution is -2.11. The standard InChI is InChI=1S/C22H15BrF4N4O2/c1-32-17-8-14(33-11-13-9-28-7-6-16(13)22(25,26)27)3-4-15(17)19-20(23)31-21(30-19)12-2-5-18(24)29-10-12/h2-10H,11H2,1H3,(H,30,31). The van der Waals surface area contributed by atoms with E-state index in [2.05, 4.69) is 35.9 Å². The van der Waals surface area contributed by atoms with Crippen LogP contribution < -0.4 is 9.47 Å². The molecule has 3 aromatic heterocycles. The van der Waals surface area contributed by atoms with Crippen molar-refractivity contribution in [1.29, 1.82) is 0 Å². The number of H-pyrrole nitrogens is 1. The number of ether oxygens (including phenoxy) is 2. The highest BCUT2D eigenvalue weighted by molar-refractivity contribution is 9.10. The zero-order valence-corrected chi connectivity index (χ0v) is 18.5. The van der Waals surface area contributed by atoms with Crippen LogP contribution in [0, 0.1) is 5.95 Å². The number of rotatable bonds is 6. The van der Waals surface area contributed by atoms with Gasteiger partial charge in [0.2, 0.25) is 5.95 Å². The van der Waals surface area contributed by atoms with Crippen molar-refractivity contribution in [2.24, 2.45) is 0 Å². The van der Waals surface area contributed by atoms with Gasteiger partial charge in [0.05, 0.1) is 18.4 Å². The molecule has 1 N–H and O–H groups in total. The molecule has 0 unspecified atom stereocenters. The Labute approximate surface area is 193 Å². The molecule has 3 heterocycles. The van der Waals surface area contributed by atoms with Crippen LogP contribution in [-0.4, -0.2) is 27.0 Å². The van der Waals surface area contributed by atoms with Crippen LogP contribution >= 0.6 is 15.9 Å². The van der Waals surface area contributed by atoms with E-state index in [1.807, 2.05) is 0 Å². The van der Waals surface area contributed by atoms with E-state index >= 15 is 0 Å². The quantitative estimate of drug-likeness (QED) is 0.247. The number of hydrogen-bond acceptors (Lipinski definition) is 5. The van der Waals surface area contributed by atoms with Gasteiger partial charge in [-0.15, -0.1) is 0 Å². The summed E-state index contributed by atoms with van der Waals surface area (Å²) in [4.78, 5) is 14.9. The molecule has 4 aromatic rings. The summed E-state index contributed by atoms with van der Waals surface area (Å²) in [6.45, 7) is -0.319. The fraction of sp³-hybridized carbons (Fsp3) is 0.136. The molecule has 0 saturated heterocycles. The van der Waals surface area contributed by atoms with Gasteiger partial charge >= 0.3 is 6.18 Å². The van der Waals surface area contributed by atoms with E-state index in [9.17, 15) is 17.6 Å². The third kappa shape index (κ3) is 4.98. The molecule has 0 aliphatic rings. The Morgan fingerprint density at radius 2 is 1.91 bits per heavy atom. The fourth-order valence-electron chi connectivity index (χ4n) is 3.13. The first-order valence-electron chi connectivity index (χ1n) is 9.45. The second-order valence-electron chi connectivity index (χ2n) is 6.80. The molecule has 1 aromatic carbocycles. The summed E-state index contributed by atoms with van der Waals surface area (Å²) in [7, 11) is 1.46. The zero-order chi connectivity index (χ0) is 23.6. The predicted octanol–water partition coefficient (Wildman–Crippen LogP) is 6.04. The molecule has 4 rings (SSSR count). The highest BCUT2D eigenvalue weighted by Crippen LogP contribution is 2.38. The number of alkyl halides is 3. The van der Waals surface area contributed by atoms with Gasteiger partial charge in [0.15, 0.2) is 0 Å². The highest BCUT2D eigenvalue weighted by atomic mass is 79.9. The average Bonchev–Trinajstić information content (AvgIpc) is 3.18. The minimum atomic E-state index is -4.51. The second kappa shape index (κ2) is 9.18. The number of hydrogen-bond donors (Lipinski definition) is 1. The number of methoxy groups -OCH3 is 1. The van der Waals surface area contributed by atoms with E-state index in [1.54, 1.807) is 24.3 Å². The summed E-state index contributed by atoms with van der Waals surface area (Å²) < 4.78 is 64.1. The van der Waals surface area contributed by atoms with Gasteiger partial charge in [-0.3, -0.25) is 4.98 Å². The molecule has 0 atom stereocenters. The Hall–Kier alpha value is -3.47. The van der Waals surface area contributed by atoms with Crippen LogP contribution in [0.25, 0.3) is 22.6 Å². The van der Waals surface area contributed by atoms with Crippen molar-refractivity contribution in [1.82, 2.24) is 19.9 Å². The number of benzene rings is 1. The maximum absolute atomic E-state index is 13.2. The van der Waals surface area contributed by atoms with Gasteiger partial charge in [-0.2, -0.15) is 17.6 Å². The number of nitrogens with zero attached hydrogens (tertiary/aromatic N) is 3. The van der Waals surface area contributed by atoms with Gasteiger partial charge in [-0.05, 0) is 46.3 Å². The van der Waals surface area contributed by atoms with Crippen LogP contribution in [-0.2, 0) is 12.8 Å². The number of aromatic nitrogens is 4. The summed E-state index contributed by atoms with van der Waals surface area (Å²) in [5, 5.41) is 0. The predicted molar refractivity (Wildman–Crippen MR) is 115 cm³/mol. The van der Waals surface area contributed by atoms with Crippen molar-refractivity contribution in [3.8, 4) is 34.1 Å². The fourth-order valence-corrected chi connectivity index (χ4v) is 3.62.